The quantitative estimate of drug-likeness (QED) is 0.468. The highest BCUT2D eigenvalue weighted by atomic mass is 16.5. The van der Waals surface area contributed by atoms with Crippen LogP contribution in [0.5, 0.6) is 5.75 Å². The van der Waals surface area contributed by atoms with E-state index in [4.69, 9.17) is 9.94 Å². The minimum atomic E-state index is 0.611. The highest BCUT2D eigenvalue weighted by Crippen LogP contribution is 2.19. The predicted molar refractivity (Wildman–Crippen MR) is 61.0 cm³/mol. The van der Waals surface area contributed by atoms with Gasteiger partial charge in [0.2, 0.25) is 0 Å². The maximum absolute atomic E-state index is 8.65. The third kappa shape index (κ3) is 2.98. The topological polar surface area (TPSA) is 41.8 Å². The number of ether oxygens (including phenoxy) is 1. The van der Waals surface area contributed by atoms with Crippen LogP contribution >= 0.6 is 0 Å². The van der Waals surface area contributed by atoms with Crippen molar-refractivity contribution in [2.75, 3.05) is 6.61 Å². The van der Waals surface area contributed by atoms with E-state index < -0.39 is 0 Å². The Morgan fingerprint density at radius 3 is 2.73 bits per heavy atom. The van der Waals surface area contributed by atoms with E-state index in [1.807, 2.05) is 25.1 Å². The lowest BCUT2D eigenvalue weighted by molar-refractivity contribution is 0.315. The summed E-state index contributed by atoms with van der Waals surface area (Å²) in [6.45, 7) is 6.56. The average Bonchev–Trinajstić information content (AvgIpc) is 2.26. The fraction of sp³-hybridized carbons (Fsp3) is 0.417. The third-order valence-electron chi connectivity index (χ3n) is 2.20. The van der Waals surface area contributed by atoms with Gasteiger partial charge in [-0.15, -0.1) is 0 Å². The lowest BCUT2D eigenvalue weighted by Crippen LogP contribution is -1.99. The van der Waals surface area contributed by atoms with E-state index in [2.05, 4.69) is 12.1 Å². The van der Waals surface area contributed by atoms with Crippen molar-refractivity contribution in [2.24, 2.45) is 5.16 Å². The largest absolute Gasteiger partial charge is 0.493 e. The molecule has 1 N–H and O–H groups in total. The van der Waals surface area contributed by atoms with Crippen molar-refractivity contribution < 1.29 is 9.94 Å². The number of hydrogen-bond acceptors (Lipinski definition) is 3. The second kappa shape index (κ2) is 5.39. The van der Waals surface area contributed by atoms with E-state index in [-0.39, 0.29) is 0 Å². The van der Waals surface area contributed by atoms with Gasteiger partial charge in [-0.1, -0.05) is 12.1 Å². The van der Waals surface area contributed by atoms with Crippen molar-refractivity contribution in [1.82, 2.24) is 0 Å². The monoisotopic (exact) mass is 207 g/mol. The van der Waals surface area contributed by atoms with E-state index in [9.17, 15) is 0 Å². The maximum Gasteiger partial charge on any atom is 0.122 e. The summed E-state index contributed by atoms with van der Waals surface area (Å²) >= 11 is 0. The second-order valence-electron chi connectivity index (χ2n) is 3.51. The molecule has 0 fully saturated rings. The molecule has 1 aromatic rings. The average molecular weight is 207 g/mol. The van der Waals surface area contributed by atoms with Crippen LogP contribution in [0.15, 0.2) is 23.4 Å². The Morgan fingerprint density at radius 2 is 2.20 bits per heavy atom. The zero-order valence-electron chi connectivity index (χ0n) is 9.45. The summed E-state index contributed by atoms with van der Waals surface area (Å²) in [7, 11) is 0. The Kier molecular flexibility index (Phi) is 4.16. The molecule has 1 rings (SSSR count). The molecule has 0 aliphatic rings. The van der Waals surface area contributed by atoms with Gasteiger partial charge in [0.1, 0.15) is 5.75 Å². The van der Waals surface area contributed by atoms with Gasteiger partial charge in [-0.05, 0) is 49.6 Å². The Hall–Kier alpha value is -1.51. The van der Waals surface area contributed by atoms with Crippen LogP contribution in [0.2, 0.25) is 0 Å². The van der Waals surface area contributed by atoms with Gasteiger partial charge in [-0.2, -0.15) is 0 Å². The van der Waals surface area contributed by atoms with E-state index in [0.717, 1.165) is 29.9 Å². The van der Waals surface area contributed by atoms with E-state index in [0.29, 0.717) is 5.71 Å². The van der Waals surface area contributed by atoms with E-state index in [1.54, 1.807) is 6.92 Å². The molecule has 0 radical (unpaired) electrons. The molecule has 1 aromatic carbocycles. The van der Waals surface area contributed by atoms with E-state index >= 15 is 0 Å². The minimum Gasteiger partial charge on any atom is -0.493 e. The molecule has 0 heterocycles. The maximum atomic E-state index is 8.65. The van der Waals surface area contributed by atoms with Gasteiger partial charge in [0.15, 0.2) is 0 Å². The molecule has 0 spiro atoms. The number of aryl methyl sites for hydroxylation is 1. The summed E-state index contributed by atoms with van der Waals surface area (Å²) in [5.41, 5.74) is 2.59. The van der Waals surface area contributed by atoms with Crippen molar-refractivity contribution in [3.63, 3.8) is 0 Å². The van der Waals surface area contributed by atoms with Crippen LogP contribution in [-0.4, -0.2) is 17.5 Å². The van der Waals surface area contributed by atoms with E-state index in [1.165, 1.54) is 0 Å². The van der Waals surface area contributed by atoms with Gasteiger partial charge in [0.05, 0.1) is 12.3 Å². The third-order valence-corrected chi connectivity index (χ3v) is 2.20. The highest BCUT2D eigenvalue weighted by molar-refractivity contribution is 5.98. The first-order valence-electron chi connectivity index (χ1n) is 5.11. The molecule has 3 heteroatoms. The first kappa shape index (κ1) is 11.6. The van der Waals surface area contributed by atoms with Crippen LogP contribution in [0.3, 0.4) is 0 Å². The minimum absolute atomic E-state index is 0.611. The molecular weight excluding hydrogens is 190 g/mol. The lowest BCUT2D eigenvalue weighted by atomic mass is 10.1. The molecule has 0 saturated heterocycles. The summed E-state index contributed by atoms with van der Waals surface area (Å²) < 4.78 is 5.55. The number of oxime groups is 1. The molecule has 15 heavy (non-hydrogen) atoms. The van der Waals surface area contributed by atoms with Crippen LogP contribution in [0.4, 0.5) is 0 Å². The lowest BCUT2D eigenvalue weighted by Gasteiger charge is -2.09. The molecule has 0 saturated carbocycles. The van der Waals surface area contributed by atoms with Gasteiger partial charge < -0.3 is 9.94 Å². The number of benzene rings is 1. The molecule has 0 amide bonds. The summed E-state index contributed by atoms with van der Waals surface area (Å²) in [5.74, 6) is 0.895. The standard InChI is InChI=1S/C12H17NO2/c1-4-7-15-12-6-5-11(8-9(12)2)10(3)13-14/h5-6,8,14H,4,7H2,1-3H3/b13-10+. The molecule has 0 aliphatic carbocycles. The number of rotatable bonds is 4. The van der Waals surface area contributed by atoms with Gasteiger partial charge in [-0.25, -0.2) is 0 Å². The first-order valence-corrected chi connectivity index (χ1v) is 5.11. The fourth-order valence-corrected chi connectivity index (χ4v) is 1.31. The van der Waals surface area contributed by atoms with Crippen molar-refractivity contribution >= 4 is 5.71 Å². The Balaban J connectivity index is 2.88. The predicted octanol–water partition coefficient (Wildman–Crippen LogP) is 2.98. The summed E-state index contributed by atoms with van der Waals surface area (Å²) in [5, 5.41) is 11.8. The molecule has 0 aromatic heterocycles. The Bertz CT molecular complexity index is 359. The molecular formula is C12H17NO2. The highest BCUT2D eigenvalue weighted by Gasteiger charge is 2.03. The second-order valence-corrected chi connectivity index (χ2v) is 3.51. The van der Waals surface area contributed by atoms with Gasteiger partial charge in [-0.3, -0.25) is 0 Å². The van der Waals surface area contributed by atoms with Gasteiger partial charge >= 0.3 is 0 Å². The van der Waals surface area contributed by atoms with Crippen LogP contribution in [0.1, 0.15) is 31.4 Å². The molecule has 82 valence electrons. The zero-order valence-corrected chi connectivity index (χ0v) is 9.45. The van der Waals surface area contributed by atoms with Crippen molar-refractivity contribution in [1.29, 1.82) is 0 Å². The van der Waals surface area contributed by atoms with Crippen molar-refractivity contribution in [3.05, 3.63) is 29.3 Å². The van der Waals surface area contributed by atoms with Gasteiger partial charge in [0, 0.05) is 0 Å². The van der Waals surface area contributed by atoms with Crippen molar-refractivity contribution in [3.8, 4) is 5.75 Å². The molecule has 3 nitrogen and oxygen atoms in total. The smallest absolute Gasteiger partial charge is 0.122 e. The summed E-state index contributed by atoms with van der Waals surface area (Å²) in [6.07, 6.45) is 0.998. The van der Waals surface area contributed by atoms with Gasteiger partial charge in [0.25, 0.3) is 0 Å². The zero-order chi connectivity index (χ0) is 11.3. The number of nitrogens with zero attached hydrogens (tertiary/aromatic N) is 1. The normalized spacial score (nSPS) is 11.5. The Morgan fingerprint density at radius 1 is 1.47 bits per heavy atom. The fourth-order valence-electron chi connectivity index (χ4n) is 1.31. The summed E-state index contributed by atoms with van der Waals surface area (Å²) in [6, 6.07) is 5.77. The van der Waals surface area contributed by atoms with Crippen LogP contribution in [0.25, 0.3) is 0 Å². The molecule has 0 aliphatic heterocycles. The number of hydrogen-bond donors (Lipinski definition) is 1. The SMILES string of the molecule is CCCOc1ccc(/C(C)=N/O)cc1C. The molecule has 0 unspecified atom stereocenters. The molecule has 0 bridgehead atoms. The van der Waals surface area contributed by atoms with Crippen LogP contribution in [-0.2, 0) is 0 Å². The first-order chi connectivity index (χ1) is 7.19. The van der Waals surface area contributed by atoms with Crippen LogP contribution < -0.4 is 4.74 Å². The molecule has 0 atom stereocenters. The summed E-state index contributed by atoms with van der Waals surface area (Å²) in [4.78, 5) is 0. The van der Waals surface area contributed by atoms with Crippen molar-refractivity contribution in [2.45, 2.75) is 27.2 Å². The van der Waals surface area contributed by atoms with Crippen LogP contribution in [0, 0.1) is 6.92 Å². The Labute approximate surface area is 90.4 Å².